The Morgan fingerprint density at radius 1 is 0.792 bits per heavy atom. The molecule has 2 rings (SSSR count). The molecule has 2 aromatic rings. The van der Waals surface area contributed by atoms with Crippen molar-refractivity contribution in [2.24, 2.45) is 9.98 Å². The number of aliphatic imine (C=N–C) groups is 2. The van der Waals surface area contributed by atoms with Crippen LogP contribution in [-0.2, 0) is 0 Å². The fourth-order valence-corrected chi connectivity index (χ4v) is 1.97. The Labute approximate surface area is 140 Å². The Balaban J connectivity index is 1.91. The Kier molecular flexibility index (Phi) is 6.19. The molecule has 6 heteroatoms. The maximum Gasteiger partial charge on any atom is 0.124 e. The van der Waals surface area contributed by atoms with Crippen molar-refractivity contribution < 1.29 is 19.7 Å². The van der Waals surface area contributed by atoms with E-state index >= 15 is 0 Å². The minimum atomic E-state index is 0.143. The van der Waals surface area contributed by atoms with E-state index in [4.69, 9.17) is 9.47 Å². The number of benzene rings is 2. The lowest BCUT2D eigenvalue weighted by Gasteiger charge is -2.03. The summed E-state index contributed by atoms with van der Waals surface area (Å²) >= 11 is 0. The minimum absolute atomic E-state index is 0.143. The van der Waals surface area contributed by atoms with Gasteiger partial charge in [-0.15, -0.1) is 0 Å². The Morgan fingerprint density at radius 2 is 1.21 bits per heavy atom. The standard InChI is InChI=1S/C18H20N2O4/c1-23-15-3-5-17(21)13(9-15)11-19-7-8-20-12-14-10-16(24-2)4-6-18(14)22/h3-6,9-12,21-22H,7-8H2,1-2H3. The van der Waals surface area contributed by atoms with Gasteiger partial charge in [0.05, 0.1) is 27.3 Å². The van der Waals surface area contributed by atoms with Crippen LogP contribution in [0.1, 0.15) is 11.1 Å². The zero-order valence-electron chi connectivity index (χ0n) is 13.6. The molecule has 0 bridgehead atoms. The van der Waals surface area contributed by atoms with Gasteiger partial charge >= 0.3 is 0 Å². The van der Waals surface area contributed by atoms with Crippen molar-refractivity contribution in [3.63, 3.8) is 0 Å². The van der Waals surface area contributed by atoms with Gasteiger partial charge in [-0.3, -0.25) is 9.98 Å². The average molecular weight is 328 g/mol. The number of hydrogen-bond acceptors (Lipinski definition) is 6. The third kappa shape index (κ3) is 4.74. The van der Waals surface area contributed by atoms with Gasteiger partial charge in [0.2, 0.25) is 0 Å². The zero-order chi connectivity index (χ0) is 17.4. The van der Waals surface area contributed by atoms with Crippen LogP contribution in [0.25, 0.3) is 0 Å². The second-order valence-corrected chi connectivity index (χ2v) is 4.92. The molecule has 0 saturated heterocycles. The highest BCUT2D eigenvalue weighted by Gasteiger charge is 2.01. The van der Waals surface area contributed by atoms with E-state index in [2.05, 4.69) is 9.98 Å². The number of hydrogen-bond donors (Lipinski definition) is 2. The molecule has 0 heterocycles. The summed E-state index contributed by atoms with van der Waals surface area (Å²) in [6, 6.07) is 9.88. The molecule has 0 radical (unpaired) electrons. The lowest BCUT2D eigenvalue weighted by Crippen LogP contribution is -1.92. The molecule has 0 amide bonds. The van der Waals surface area contributed by atoms with Crippen molar-refractivity contribution in [1.82, 2.24) is 0 Å². The topological polar surface area (TPSA) is 83.6 Å². The third-order valence-corrected chi connectivity index (χ3v) is 3.29. The molecule has 0 aromatic heterocycles. The Hall–Kier alpha value is -3.02. The molecular weight excluding hydrogens is 308 g/mol. The average Bonchev–Trinajstić information content (AvgIpc) is 2.60. The largest absolute Gasteiger partial charge is 0.507 e. The number of methoxy groups -OCH3 is 2. The summed E-state index contributed by atoms with van der Waals surface area (Å²) in [6.07, 6.45) is 3.16. The van der Waals surface area contributed by atoms with E-state index in [1.165, 1.54) is 0 Å². The third-order valence-electron chi connectivity index (χ3n) is 3.29. The van der Waals surface area contributed by atoms with Gasteiger partial charge in [0.25, 0.3) is 0 Å². The van der Waals surface area contributed by atoms with Gasteiger partial charge in [-0.1, -0.05) is 0 Å². The Morgan fingerprint density at radius 3 is 1.58 bits per heavy atom. The second-order valence-electron chi connectivity index (χ2n) is 4.92. The normalized spacial score (nSPS) is 11.2. The minimum Gasteiger partial charge on any atom is -0.507 e. The molecule has 0 aliphatic rings. The highest BCUT2D eigenvalue weighted by molar-refractivity contribution is 5.84. The van der Waals surface area contributed by atoms with E-state index < -0.39 is 0 Å². The van der Waals surface area contributed by atoms with Gasteiger partial charge in [0, 0.05) is 23.6 Å². The molecule has 0 atom stereocenters. The van der Waals surface area contributed by atoms with Crippen molar-refractivity contribution in [1.29, 1.82) is 0 Å². The van der Waals surface area contributed by atoms with Crippen LogP contribution in [0, 0.1) is 0 Å². The van der Waals surface area contributed by atoms with Crippen LogP contribution in [0.3, 0.4) is 0 Å². The first-order valence-electron chi connectivity index (χ1n) is 7.37. The van der Waals surface area contributed by atoms with Crippen molar-refractivity contribution in [3.8, 4) is 23.0 Å². The molecule has 0 fully saturated rings. The van der Waals surface area contributed by atoms with Crippen LogP contribution < -0.4 is 9.47 Å². The van der Waals surface area contributed by atoms with Gasteiger partial charge in [0.1, 0.15) is 23.0 Å². The fraction of sp³-hybridized carbons (Fsp3) is 0.222. The summed E-state index contributed by atoms with van der Waals surface area (Å²) in [5.41, 5.74) is 1.17. The lowest BCUT2D eigenvalue weighted by molar-refractivity contribution is 0.412. The monoisotopic (exact) mass is 328 g/mol. The second kappa shape index (κ2) is 8.57. The van der Waals surface area contributed by atoms with Crippen LogP contribution in [-0.4, -0.2) is 50.0 Å². The summed E-state index contributed by atoms with van der Waals surface area (Å²) < 4.78 is 10.2. The van der Waals surface area contributed by atoms with E-state index in [1.54, 1.807) is 63.0 Å². The zero-order valence-corrected chi connectivity index (χ0v) is 13.6. The number of rotatable bonds is 7. The molecule has 2 aromatic carbocycles. The Bertz CT molecular complexity index is 678. The molecular formula is C18H20N2O4. The molecule has 24 heavy (non-hydrogen) atoms. The van der Waals surface area contributed by atoms with Crippen molar-refractivity contribution in [2.75, 3.05) is 27.3 Å². The maximum absolute atomic E-state index is 9.75. The summed E-state index contributed by atoms with van der Waals surface area (Å²) in [7, 11) is 3.13. The molecule has 0 aliphatic carbocycles. The van der Waals surface area contributed by atoms with Crippen molar-refractivity contribution in [3.05, 3.63) is 47.5 Å². The highest BCUT2D eigenvalue weighted by atomic mass is 16.5. The molecule has 0 spiro atoms. The van der Waals surface area contributed by atoms with Crippen LogP contribution in [0.15, 0.2) is 46.4 Å². The number of phenolic OH excluding ortho intramolecular Hbond substituents is 2. The highest BCUT2D eigenvalue weighted by Crippen LogP contribution is 2.22. The van der Waals surface area contributed by atoms with E-state index in [1.807, 2.05) is 0 Å². The first-order chi connectivity index (χ1) is 11.6. The van der Waals surface area contributed by atoms with Crippen molar-refractivity contribution in [2.45, 2.75) is 0 Å². The predicted octanol–water partition coefficient (Wildman–Crippen LogP) is 2.65. The summed E-state index contributed by atoms with van der Waals surface area (Å²) in [5.74, 6) is 1.59. The summed E-state index contributed by atoms with van der Waals surface area (Å²) in [4.78, 5) is 8.45. The lowest BCUT2D eigenvalue weighted by atomic mass is 10.2. The van der Waals surface area contributed by atoms with Gasteiger partial charge in [-0.05, 0) is 36.4 Å². The van der Waals surface area contributed by atoms with Gasteiger partial charge < -0.3 is 19.7 Å². The SMILES string of the molecule is COc1ccc(O)c(C=NCCN=Cc2cc(OC)ccc2O)c1. The molecule has 0 aliphatic heterocycles. The number of nitrogens with zero attached hydrogens (tertiary/aromatic N) is 2. The quantitative estimate of drug-likeness (QED) is 0.604. The van der Waals surface area contributed by atoms with E-state index in [9.17, 15) is 10.2 Å². The summed E-state index contributed by atoms with van der Waals surface area (Å²) in [5, 5.41) is 19.5. The van der Waals surface area contributed by atoms with Crippen molar-refractivity contribution >= 4 is 12.4 Å². The van der Waals surface area contributed by atoms with E-state index in [0.717, 1.165) is 0 Å². The first-order valence-corrected chi connectivity index (χ1v) is 7.37. The summed E-state index contributed by atoms with van der Waals surface area (Å²) in [6.45, 7) is 0.912. The molecule has 6 nitrogen and oxygen atoms in total. The van der Waals surface area contributed by atoms with Gasteiger partial charge in [-0.2, -0.15) is 0 Å². The molecule has 2 N–H and O–H groups in total. The maximum atomic E-state index is 9.75. The van der Waals surface area contributed by atoms with E-state index in [0.29, 0.717) is 35.7 Å². The van der Waals surface area contributed by atoms with Crippen LogP contribution >= 0.6 is 0 Å². The molecule has 0 saturated carbocycles. The van der Waals surface area contributed by atoms with Gasteiger partial charge in [-0.25, -0.2) is 0 Å². The van der Waals surface area contributed by atoms with Crippen LogP contribution in [0.2, 0.25) is 0 Å². The fourth-order valence-electron chi connectivity index (χ4n) is 1.97. The predicted molar refractivity (Wildman–Crippen MR) is 94.2 cm³/mol. The first kappa shape index (κ1) is 17.3. The number of ether oxygens (including phenoxy) is 2. The van der Waals surface area contributed by atoms with E-state index in [-0.39, 0.29) is 11.5 Å². The van der Waals surface area contributed by atoms with Gasteiger partial charge in [0.15, 0.2) is 0 Å². The smallest absolute Gasteiger partial charge is 0.124 e. The number of phenols is 2. The number of aromatic hydroxyl groups is 2. The molecule has 126 valence electrons. The van der Waals surface area contributed by atoms with Crippen LogP contribution in [0.4, 0.5) is 0 Å². The van der Waals surface area contributed by atoms with Crippen LogP contribution in [0.5, 0.6) is 23.0 Å². The molecule has 0 unspecified atom stereocenters.